The third kappa shape index (κ3) is 4.63. The Labute approximate surface area is 171 Å². The van der Waals surface area contributed by atoms with E-state index in [9.17, 15) is 9.59 Å². The number of hydrogen-bond acceptors (Lipinski definition) is 7. The van der Waals surface area contributed by atoms with Gasteiger partial charge in [-0.25, -0.2) is 9.59 Å². The third-order valence-corrected chi connectivity index (χ3v) is 5.23. The van der Waals surface area contributed by atoms with Gasteiger partial charge >= 0.3 is 11.9 Å². The predicted molar refractivity (Wildman–Crippen MR) is 109 cm³/mol. The second-order valence-corrected chi connectivity index (χ2v) is 7.30. The average molecular weight is 409 g/mol. The predicted octanol–water partition coefficient (Wildman–Crippen LogP) is 3.57. The molecular weight excluding hydrogens is 380 g/mol. The molecule has 0 heterocycles. The Kier molecular flexibility index (Phi) is 7.41. The molecule has 0 aromatic heterocycles. The number of ether oxygens (including phenoxy) is 4. The van der Waals surface area contributed by atoms with Crippen LogP contribution in [-0.4, -0.2) is 42.2 Å². The summed E-state index contributed by atoms with van der Waals surface area (Å²) in [5, 5.41) is 0. The molecule has 0 spiro atoms. The van der Waals surface area contributed by atoms with E-state index in [2.05, 4.69) is 6.92 Å². The average Bonchev–Trinajstić information content (AvgIpc) is 2.92. The zero-order valence-corrected chi connectivity index (χ0v) is 18.1. The van der Waals surface area contributed by atoms with Crippen molar-refractivity contribution in [2.45, 2.75) is 60.2 Å². The Balaban J connectivity index is 2.43. The lowest BCUT2D eigenvalue weighted by molar-refractivity contribution is -0.152. The van der Waals surface area contributed by atoms with Crippen molar-refractivity contribution < 1.29 is 28.5 Å². The molecule has 1 aromatic rings. The molecule has 28 heavy (non-hydrogen) atoms. The number of hydrogen-bond donors (Lipinski definition) is 0. The van der Waals surface area contributed by atoms with E-state index in [1.807, 2.05) is 13.0 Å². The van der Waals surface area contributed by atoms with E-state index in [4.69, 9.17) is 31.2 Å². The molecule has 0 amide bonds. The largest absolute Gasteiger partial charge is 0.475 e. The van der Waals surface area contributed by atoms with Gasteiger partial charge in [-0.15, -0.1) is 0 Å². The summed E-state index contributed by atoms with van der Waals surface area (Å²) in [4.78, 5) is 24.9. The Morgan fingerprint density at radius 1 is 1.11 bits per heavy atom. The molecule has 154 valence electrons. The van der Waals surface area contributed by atoms with Crippen LogP contribution in [0.2, 0.25) is 0 Å². The van der Waals surface area contributed by atoms with Gasteiger partial charge in [-0.3, -0.25) is 0 Å². The maximum absolute atomic E-state index is 12.0. The lowest BCUT2D eigenvalue weighted by Gasteiger charge is -2.22. The van der Waals surface area contributed by atoms with Crippen molar-refractivity contribution >= 4 is 29.0 Å². The number of carbonyl (C=O) groups excluding carboxylic acids is 2. The molecule has 0 aliphatic heterocycles. The van der Waals surface area contributed by atoms with E-state index in [1.165, 1.54) is 0 Å². The molecule has 1 aliphatic carbocycles. The molecule has 0 saturated carbocycles. The van der Waals surface area contributed by atoms with Crippen LogP contribution in [0.25, 0.3) is 0 Å². The summed E-state index contributed by atoms with van der Waals surface area (Å²) in [5.41, 5.74) is 2.82. The number of benzene rings is 1. The first kappa shape index (κ1) is 22.1. The van der Waals surface area contributed by atoms with Gasteiger partial charge in [0, 0.05) is 10.4 Å². The minimum absolute atomic E-state index is 0.233. The van der Waals surface area contributed by atoms with Gasteiger partial charge < -0.3 is 18.9 Å². The highest BCUT2D eigenvalue weighted by Crippen LogP contribution is 2.42. The van der Waals surface area contributed by atoms with E-state index < -0.39 is 24.1 Å². The maximum atomic E-state index is 12.0. The van der Waals surface area contributed by atoms with Crippen LogP contribution in [-0.2, 0) is 25.5 Å². The van der Waals surface area contributed by atoms with Gasteiger partial charge in [-0.05, 0) is 64.2 Å². The topological polar surface area (TPSA) is 71.1 Å². The molecule has 1 aromatic carbocycles. The zero-order valence-electron chi connectivity index (χ0n) is 17.3. The van der Waals surface area contributed by atoms with Crippen LogP contribution < -0.4 is 9.47 Å². The van der Waals surface area contributed by atoms with Gasteiger partial charge in [-0.2, -0.15) is 0 Å². The van der Waals surface area contributed by atoms with Crippen LogP contribution in [0.3, 0.4) is 0 Å². The lowest BCUT2D eigenvalue weighted by atomic mass is 10.0. The molecule has 7 heteroatoms. The first-order valence-electron chi connectivity index (χ1n) is 9.58. The Morgan fingerprint density at radius 2 is 1.64 bits per heavy atom. The standard InChI is InChI=1S/C21H28O6S/c1-7-24-20(22)13(5)26-16-10-15-9-11(3)19(28)17(15)12(4)18(16)27-14(6)21(23)25-8-2/h10-11,13-14H,7-9H2,1-6H3/t11?,13-,14-/m1/s1. The van der Waals surface area contributed by atoms with Crippen molar-refractivity contribution in [2.24, 2.45) is 5.92 Å². The van der Waals surface area contributed by atoms with Gasteiger partial charge in [0.25, 0.3) is 0 Å². The Morgan fingerprint density at radius 3 is 2.18 bits per heavy atom. The zero-order chi connectivity index (χ0) is 21.0. The summed E-state index contributed by atoms with van der Waals surface area (Å²) < 4.78 is 21.9. The van der Waals surface area contributed by atoms with Crippen molar-refractivity contribution in [2.75, 3.05) is 13.2 Å². The molecule has 0 N–H and O–H groups in total. The first-order chi connectivity index (χ1) is 13.2. The maximum Gasteiger partial charge on any atom is 0.347 e. The van der Waals surface area contributed by atoms with E-state index >= 15 is 0 Å². The fourth-order valence-corrected chi connectivity index (χ4v) is 3.59. The Bertz CT molecular complexity index is 773. The summed E-state index contributed by atoms with van der Waals surface area (Å²) in [6, 6.07) is 1.85. The normalized spacial score (nSPS) is 17.5. The van der Waals surface area contributed by atoms with E-state index in [0.717, 1.165) is 28.0 Å². The van der Waals surface area contributed by atoms with Gasteiger partial charge in [0.05, 0.1) is 13.2 Å². The molecule has 0 fully saturated rings. The molecule has 2 rings (SSSR count). The number of carbonyl (C=O) groups is 2. The van der Waals surface area contributed by atoms with Gasteiger partial charge in [0.15, 0.2) is 23.7 Å². The fourth-order valence-electron chi connectivity index (χ4n) is 3.22. The SMILES string of the molecule is CCOC(=O)[C@@H](C)Oc1cc2c(c(C)c1O[C@H](C)C(=O)OCC)C(=S)C(C)C2. The Hall–Kier alpha value is -2.15. The smallest absolute Gasteiger partial charge is 0.347 e. The third-order valence-electron chi connectivity index (χ3n) is 4.62. The van der Waals surface area contributed by atoms with Gasteiger partial charge in [0.1, 0.15) is 0 Å². The summed E-state index contributed by atoms with van der Waals surface area (Å²) >= 11 is 5.60. The molecule has 6 nitrogen and oxygen atoms in total. The molecule has 1 aliphatic rings. The molecular formula is C21H28O6S. The summed E-state index contributed by atoms with van der Waals surface area (Å²) in [5.74, 6) is 0.0881. The van der Waals surface area contributed by atoms with Crippen LogP contribution in [0.4, 0.5) is 0 Å². The minimum Gasteiger partial charge on any atom is -0.475 e. The van der Waals surface area contributed by atoms with E-state index in [0.29, 0.717) is 11.5 Å². The highest BCUT2D eigenvalue weighted by molar-refractivity contribution is 7.81. The summed E-state index contributed by atoms with van der Waals surface area (Å²) in [7, 11) is 0. The summed E-state index contributed by atoms with van der Waals surface area (Å²) in [6.07, 6.45) is -0.847. The van der Waals surface area contributed by atoms with E-state index in [-0.39, 0.29) is 19.1 Å². The van der Waals surface area contributed by atoms with Crippen LogP contribution in [0.1, 0.15) is 51.3 Å². The molecule has 0 radical (unpaired) electrons. The molecule has 0 saturated heterocycles. The van der Waals surface area contributed by atoms with Crippen LogP contribution in [0.15, 0.2) is 6.07 Å². The van der Waals surface area contributed by atoms with Crippen molar-refractivity contribution in [3.63, 3.8) is 0 Å². The number of esters is 2. The lowest BCUT2D eigenvalue weighted by Crippen LogP contribution is -2.29. The fraction of sp³-hybridized carbons (Fsp3) is 0.571. The minimum atomic E-state index is -0.829. The second-order valence-electron chi connectivity index (χ2n) is 6.86. The van der Waals surface area contributed by atoms with Gasteiger partial charge in [-0.1, -0.05) is 19.1 Å². The number of thiocarbonyl (C=S) groups is 1. The van der Waals surface area contributed by atoms with Crippen molar-refractivity contribution in [1.29, 1.82) is 0 Å². The van der Waals surface area contributed by atoms with Crippen molar-refractivity contribution in [3.8, 4) is 11.5 Å². The number of rotatable bonds is 8. The summed E-state index contributed by atoms with van der Waals surface area (Å²) in [6.45, 7) is 11.2. The van der Waals surface area contributed by atoms with Crippen molar-refractivity contribution in [3.05, 3.63) is 22.8 Å². The molecule has 1 unspecified atom stereocenters. The van der Waals surface area contributed by atoms with Crippen molar-refractivity contribution in [1.82, 2.24) is 0 Å². The monoisotopic (exact) mass is 408 g/mol. The van der Waals surface area contributed by atoms with Crippen LogP contribution >= 0.6 is 12.2 Å². The quantitative estimate of drug-likeness (QED) is 0.481. The molecule has 0 bridgehead atoms. The van der Waals surface area contributed by atoms with Gasteiger partial charge in [0.2, 0.25) is 0 Å². The highest BCUT2D eigenvalue weighted by atomic mass is 32.1. The first-order valence-corrected chi connectivity index (χ1v) is 9.99. The molecule has 3 atom stereocenters. The van der Waals surface area contributed by atoms with E-state index in [1.54, 1.807) is 27.7 Å². The van der Waals surface area contributed by atoms with Crippen LogP contribution in [0, 0.1) is 12.8 Å². The number of fused-ring (bicyclic) bond motifs is 1. The van der Waals surface area contributed by atoms with Crippen LogP contribution in [0.5, 0.6) is 11.5 Å². The second kappa shape index (κ2) is 9.37. The highest BCUT2D eigenvalue weighted by Gasteiger charge is 2.31.